The Kier molecular flexibility index (Phi) is 24.4. The summed E-state index contributed by atoms with van der Waals surface area (Å²) in [6.07, 6.45) is -7.14. The van der Waals surface area contributed by atoms with Gasteiger partial charge in [-0.2, -0.15) is 0 Å². The standard InChI is InChI=1S/C71H91ClN6O18/c1-39-49(38-71(92)61(95-64(89)43-20-14-11-15-21-43)59-69(8)34-33-45(69)37-50(80)70(59,9)60(86)57(85)55(39)68(71,6)7)93-65(90)58(56(42-18-12-10-13-19-42)78-66(91)96-67(3,4)5)94-54(84)32-31-51(81)75-35-17-16-22-47(63(74)88)77-53(83)30-26-44(62(73)87)36-48(79)40(2)76-52(82)29-25-41-23-27-46(72)28-24-41/h10-15,18-21,23-25,27-29,40,44-45,47,49-50,56-59,61,80,85,92H,16-17,22,26,30-38H2,1-9H3,(H2,73,87)(H2,74,88)(H,75,81)(H,76,82)(H,77,83)(H,78,91)/b29-25+/t40?,44-,45-,47?,49+,50+,56-,57-,58-,59-,61+,69-,70-,71-/m1/s1. The van der Waals surface area contributed by atoms with Crippen LogP contribution >= 0.6 is 11.6 Å². The number of carbonyl (C=O) groups is 11. The molecule has 3 saturated carbocycles. The van der Waals surface area contributed by atoms with Crippen molar-refractivity contribution in [3.05, 3.63) is 124 Å². The maximum Gasteiger partial charge on any atom is 0.408 e. The summed E-state index contributed by atoms with van der Waals surface area (Å²) in [5.74, 6) is -10.4. The zero-order valence-corrected chi connectivity index (χ0v) is 56.5. The Bertz CT molecular complexity index is 3470. The summed E-state index contributed by atoms with van der Waals surface area (Å²) < 4.78 is 24.4. The molecular formula is C71H91ClN6O18. The maximum atomic E-state index is 15.3. The number of nitrogens with one attached hydrogen (secondary N) is 4. The molecule has 3 fully saturated rings. The minimum Gasteiger partial charge on any atom is -0.455 e. The number of alkyl carbamates (subject to hydrolysis) is 1. The van der Waals surface area contributed by atoms with Crippen LogP contribution in [-0.4, -0.2) is 141 Å². The summed E-state index contributed by atoms with van der Waals surface area (Å²) >= 11 is 5.91. The molecule has 0 heterocycles. The number of hydrogen-bond acceptors (Lipinski definition) is 18. The first-order valence-corrected chi connectivity index (χ1v) is 32.9. The molecule has 2 bridgehead atoms. The van der Waals surface area contributed by atoms with Crippen LogP contribution in [0.15, 0.2) is 102 Å². The van der Waals surface area contributed by atoms with Crippen LogP contribution in [0.3, 0.4) is 0 Å². The molecule has 0 aliphatic heterocycles. The predicted molar refractivity (Wildman–Crippen MR) is 351 cm³/mol. The van der Waals surface area contributed by atoms with Crippen molar-refractivity contribution in [1.29, 1.82) is 0 Å². The highest BCUT2D eigenvalue weighted by atomic mass is 35.5. The molecule has 4 aliphatic rings. The number of carbonyl (C=O) groups excluding carboxylic acids is 11. The Morgan fingerprint density at radius 3 is 2.04 bits per heavy atom. The van der Waals surface area contributed by atoms with Crippen LogP contribution in [0.2, 0.25) is 5.02 Å². The second kappa shape index (κ2) is 31.3. The number of rotatable bonds is 28. The molecule has 3 aromatic rings. The molecule has 7 rings (SSSR count). The monoisotopic (exact) mass is 1350 g/mol. The molecule has 0 radical (unpaired) electrons. The lowest BCUT2D eigenvalue weighted by Gasteiger charge is -2.68. The van der Waals surface area contributed by atoms with E-state index in [2.05, 4.69) is 21.3 Å². The van der Waals surface area contributed by atoms with Gasteiger partial charge in [-0.1, -0.05) is 93.0 Å². The van der Waals surface area contributed by atoms with Crippen molar-refractivity contribution >= 4 is 82.8 Å². The molecule has 25 heteroatoms. The van der Waals surface area contributed by atoms with Gasteiger partial charge in [0.15, 0.2) is 11.6 Å². The number of primary amides is 2. The molecule has 0 spiro atoms. The fourth-order valence-electron chi connectivity index (χ4n) is 14.2. The number of ketones is 2. The average molecular weight is 1350 g/mol. The first kappa shape index (κ1) is 75.1. The number of benzene rings is 3. The Balaban J connectivity index is 1.02. The van der Waals surface area contributed by atoms with Crippen molar-refractivity contribution in [3.63, 3.8) is 0 Å². The van der Waals surface area contributed by atoms with Crippen LogP contribution in [0.1, 0.15) is 167 Å². The fourth-order valence-corrected chi connectivity index (χ4v) is 14.3. The minimum atomic E-state index is -2.27. The van der Waals surface area contributed by atoms with Gasteiger partial charge >= 0.3 is 24.0 Å². The number of aliphatic hydroxyl groups excluding tert-OH is 2. The van der Waals surface area contributed by atoms with E-state index in [4.69, 9.17) is 42.0 Å². The molecule has 6 amide bonds. The summed E-state index contributed by atoms with van der Waals surface area (Å²) in [6.45, 7) is 14.5. The minimum absolute atomic E-state index is 0.0381. The number of esters is 3. The number of Topliss-reactive ketones (excluding diaryl/α,β-unsaturated/α-hetero) is 2. The normalized spacial score (nSPS) is 25.8. The van der Waals surface area contributed by atoms with Gasteiger partial charge in [0.25, 0.3) is 0 Å². The summed E-state index contributed by atoms with van der Waals surface area (Å²) in [5.41, 5.74) is 4.83. The lowest BCUT2D eigenvalue weighted by atomic mass is 9.37. The van der Waals surface area contributed by atoms with Crippen LogP contribution in [0.25, 0.3) is 6.08 Å². The molecule has 14 atom stereocenters. The Morgan fingerprint density at radius 1 is 0.792 bits per heavy atom. The molecule has 11 N–H and O–H groups in total. The van der Waals surface area contributed by atoms with Gasteiger partial charge in [0.2, 0.25) is 35.6 Å². The molecular weight excluding hydrogens is 1260 g/mol. The SMILES string of the molecule is CC1=C2[C@@H](O)C(=O)[C@@]3(C)[C@H]([C@H](OC(=O)c4ccccc4)[C@](O)(C[C@@H]1OC(=O)[C@H](OC(=O)CCC(=O)NCCCCC(NC(=O)CC[C@H](CC(=O)C(C)NC(=O)/C=C/c1ccc(Cl)cc1)C(N)=O)C(N)=O)[C@H](NC(=O)OC(C)(C)C)c1ccccc1)C2(C)C)[C@]1(C)CC[C@@H]1C[C@@H]3O. The highest BCUT2D eigenvalue weighted by Crippen LogP contribution is 2.69. The Hall–Kier alpha value is -8.32. The van der Waals surface area contributed by atoms with Crippen molar-refractivity contribution in [2.75, 3.05) is 6.54 Å². The predicted octanol–water partition coefficient (Wildman–Crippen LogP) is 6.28. The van der Waals surface area contributed by atoms with E-state index < -0.39 is 172 Å². The fraction of sp³-hybridized carbons (Fsp3) is 0.535. The van der Waals surface area contributed by atoms with Gasteiger partial charge in [0.05, 0.1) is 29.5 Å². The van der Waals surface area contributed by atoms with Gasteiger partial charge in [-0.25, -0.2) is 14.4 Å². The number of nitrogens with two attached hydrogens (primary N) is 2. The quantitative estimate of drug-likeness (QED) is 0.0127. The number of unbranched alkanes of at least 4 members (excludes halogenated alkanes) is 1. The van der Waals surface area contributed by atoms with Crippen LogP contribution in [0, 0.1) is 34.0 Å². The van der Waals surface area contributed by atoms with E-state index in [0.29, 0.717) is 23.4 Å². The van der Waals surface area contributed by atoms with E-state index in [1.165, 1.54) is 38.1 Å². The smallest absolute Gasteiger partial charge is 0.408 e. The summed E-state index contributed by atoms with van der Waals surface area (Å²) in [7, 11) is 0. The van der Waals surface area contributed by atoms with Gasteiger partial charge in [-0.05, 0) is 150 Å². The van der Waals surface area contributed by atoms with E-state index in [1.807, 2.05) is 6.92 Å². The first-order chi connectivity index (χ1) is 45.0. The average Bonchev–Trinajstić information content (AvgIpc) is 0.674. The van der Waals surface area contributed by atoms with E-state index in [0.717, 1.165) is 0 Å². The number of halogens is 1. The van der Waals surface area contributed by atoms with E-state index in [1.54, 1.807) is 114 Å². The molecule has 2 unspecified atom stereocenters. The van der Waals surface area contributed by atoms with Crippen molar-refractivity contribution < 1.29 is 87.0 Å². The molecule has 0 aromatic heterocycles. The third kappa shape index (κ3) is 17.4. The molecule has 24 nitrogen and oxygen atoms in total. The third-order valence-electron chi connectivity index (χ3n) is 19.8. The van der Waals surface area contributed by atoms with E-state index >= 15 is 9.59 Å². The van der Waals surface area contributed by atoms with Crippen LogP contribution in [-0.2, 0) is 62.1 Å². The van der Waals surface area contributed by atoms with Gasteiger partial charge in [0, 0.05) is 60.6 Å². The molecule has 4 aliphatic carbocycles. The molecule has 3 aromatic carbocycles. The number of fused-ring (bicyclic) bond motifs is 5. The maximum absolute atomic E-state index is 15.3. The lowest BCUT2D eigenvalue weighted by Crippen LogP contribution is -2.75. The number of aliphatic hydroxyl groups is 3. The van der Waals surface area contributed by atoms with E-state index in [9.17, 15) is 58.5 Å². The van der Waals surface area contributed by atoms with Gasteiger partial charge in [-0.3, -0.25) is 38.4 Å². The van der Waals surface area contributed by atoms with Gasteiger partial charge < -0.3 is 67.0 Å². The van der Waals surface area contributed by atoms with Crippen molar-refractivity contribution in [2.24, 2.45) is 45.5 Å². The summed E-state index contributed by atoms with van der Waals surface area (Å²) in [5, 5.41) is 49.3. The van der Waals surface area contributed by atoms with Gasteiger partial charge in [-0.15, -0.1) is 0 Å². The zero-order valence-electron chi connectivity index (χ0n) is 55.8. The summed E-state index contributed by atoms with van der Waals surface area (Å²) in [4.78, 5) is 149. The van der Waals surface area contributed by atoms with Crippen molar-refractivity contribution in [2.45, 2.75) is 199 Å². The summed E-state index contributed by atoms with van der Waals surface area (Å²) in [6, 6.07) is 19.0. The second-order valence-corrected chi connectivity index (χ2v) is 28.2. The molecule has 96 heavy (non-hydrogen) atoms. The number of amides is 6. The topological polar surface area (TPSA) is 386 Å². The van der Waals surface area contributed by atoms with Gasteiger partial charge in [0.1, 0.15) is 41.6 Å². The van der Waals surface area contributed by atoms with Crippen molar-refractivity contribution in [1.82, 2.24) is 21.3 Å². The van der Waals surface area contributed by atoms with Crippen LogP contribution < -0.4 is 32.7 Å². The van der Waals surface area contributed by atoms with E-state index in [-0.39, 0.29) is 79.7 Å². The van der Waals surface area contributed by atoms with Crippen molar-refractivity contribution in [3.8, 4) is 0 Å². The number of hydrogen-bond donors (Lipinski definition) is 9. The lowest BCUT2D eigenvalue weighted by molar-refractivity contribution is -0.266. The van der Waals surface area contributed by atoms with Crippen LogP contribution in [0.5, 0.6) is 0 Å². The zero-order chi connectivity index (χ0) is 70.8. The first-order valence-electron chi connectivity index (χ1n) is 32.5. The highest BCUT2D eigenvalue weighted by molar-refractivity contribution is 6.30. The number of ether oxygens (including phenoxy) is 4. The second-order valence-electron chi connectivity index (χ2n) is 27.7. The van der Waals surface area contributed by atoms with Crippen LogP contribution in [0.4, 0.5) is 4.79 Å². The Labute approximate surface area is 563 Å². The third-order valence-corrected chi connectivity index (χ3v) is 20.1. The Morgan fingerprint density at radius 2 is 1.44 bits per heavy atom. The molecule has 0 saturated heterocycles. The molecule has 520 valence electrons. The largest absolute Gasteiger partial charge is 0.455 e. The highest BCUT2D eigenvalue weighted by Gasteiger charge is 2.74.